The first-order valence-corrected chi connectivity index (χ1v) is 9.41. The summed E-state index contributed by atoms with van der Waals surface area (Å²) >= 11 is 0. The number of nitrogens with zero attached hydrogens (tertiary/aromatic N) is 3. The van der Waals surface area contributed by atoms with Crippen molar-refractivity contribution < 1.29 is 5.11 Å². The van der Waals surface area contributed by atoms with Crippen LogP contribution in [0.25, 0.3) is 0 Å². The first-order valence-electron chi connectivity index (χ1n) is 9.41. The minimum atomic E-state index is -0.589. The van der Waals surface area contributed by atoms with Gasteiger partial charge in [-0.2, -0.15) is 0 Å². The average Bonchev–Trinajstić information content (AvgIpc) is 2.61. The SMILES string of the molecule is CCCCCCn1c(O)c(C=NCCN2CCCCC2)c(=O)[nH]c1=O. The van der Waals surface area contributed by atoms with E-state index in [1.807, 2.05) is 0 Å². The van der Waals surface area contributed by atoms with Crippen LogP contribution in [-0.2, 0) is 6.54 Å². The molecule has 7 nitrogen and oxygen atoms in total. The molecular weight excluding hydrogens is 320 g/mol. The van der Waals surface area contributed by atoms with Gasteiger partial charge in [-0.15, -0.1) is 0 Å². The van der Waals surface area contributed by atoms with Gasteiger partial charge in [0.05, 0.1) is 6.54 Å². The predicted molar refractivity (Wildman–Crippen MR) is 99.9 cm³/mol. The number of H-pyrrole nitrogens is 1. The van der Waals surface area contributed by atoms with E-state index in [2.05, 4.69) is 21.8 Å². The summed E-state index contributed by atoms with van der Waals surface area (Å²) in [6.07, 6.45) is 9.11. The largest absolute Gasteiger partial charge is 0.494 e. The molecule has 0 radical (unpaired) electrons. The minimum Gasteiger partial charge on any atom is -0.494 e. The van der Waals surface area contributed by atoms with Crippen LogP contribution in [0.2, 0.25) is 0 Å². The van der Waals surface area contributed by atoms with Gasteiger partial charge in [0.2, 0.25) is 5.88 Å². The van der Waals surface area contributed by atoms with E-state index in [0.29, 0.717) is 13.1 Å². The molecule has 0 amide bonds. The molecule has 0 unspecified atom stereocenters. The lowest BCUT2D eigenvalue weighted by molar-refractivity contribution is 0.235. The quantitative estimate of drug-likeness (QED) is 0.524. The Balaban J connectivity index is 1.99. The van der Waals surface area contributed by atoms with Crippen LogP contribution in [0.4, 0.5) is 0 Å². The Kier molecular flexibility index (Phi) is 7.91. The highest BCUT2D eigenvalue weighted by Crippen LogP contribution is 2.11. The zero-order valence-corrected chi connectivity index (χ0v) is 15.2. The number of nitrogens with one attached hydrogen (secondary N) is 1. The molecule has 1 saturated heterocycles. The number of aromatic amines is 1. The van der Waals surface area contributed by atoms with Crippen molar-refractivity contribution in [3.05, 3.63) is 26.4 Å². The van der Waals surface area contributed by atoms with Crippen LogP contribution < -0.4 is 11.2 Å². The third-order valence-electron chi connectivity index (χ3n) is 4.66. The molecule has 2 heterocycles. The van der Waals surface area contributed by atoms with Crippen molar-refractivity contribution in [3.8, 4) is 5.88 Å². The molecule has 7 heteroatoms. The maximum absolute atomic E-state index is 12.0. The molecule has 0 aromatic carbocycles. The van der Waals surface area contributed by atoms with E-state index >= 15 is 0 Å². The number of hydrogen-bond acceptors (Lipinski definition) is 5. The van der Waals surface area contributed by atoms with Crippen molar-refractivity contribution in [1.82, 2.24) is 14.5 Å². The smallest absolute Gasteiger partial charge is 0.331 e. The molecule has 1 aliphatic heterocycles. The monoisotopic (exact) mass is 350 g/mol. The molecule has 2 N–H and O–H groups in total. The maximum atomic E-state index is 12.0. The van der Waals surface area contributed by atoms with Crippen LogP contribution in [-0.4, -0.2) is 52.0 Å². The van der Waals surface area contributed by atoms with Crippen molar-refractivity contribution in [3.63, 3.8) is 0 Å². The van der Waals surface area contributed by atoms with Crippen LogP contribution in [0.5, 0.6) is 5.88 Å². The van der Waals surface area contributed by atoms with Gasteiger partial charge in [0, 0.05) is 19.3 Å². The molecule has 1 aromatic heterocycles. The number of hydrogen-bond donors (Lipinski definition) is 2. The molecule has 0 saturated carbocycles. The van der Waals surface area contributed by atoms with E-state index < -0.39 is 11.2 Å². The molecule has 2 rings (SSSR count). The second-order valence-corrected chi connectivity index (χ2v) is 6.65. The molecule has 0 atom stereocenters. The summed E-state index contributed by atoms with van der Waals surface area (Å²) < 4.78 is 1.23. The summed E-state index contributed by atoms with van der Waals surface area (Å²) in [5.41, 5.74) is -1.09. The minimum absolute atomic E-state index is 0.0636. The van der Waals surface area contributed by atoms with Gasteiger partial charge in [0.1, 0.15) is 5.56 Å². The molecule has 0 spiro atoms. The van der Waals surface area contributed by atoms with Crippen molar-refractivity contribution >= 4 is 6.21 Å². The zero-order chi connectivity index (χ0) is 18.1. The summed E-state index contributed by atoms with van der Waals surface area (Å²) in [4.78, 5) is 32.8. The molecule has 25 heavy (non-hydrogen) atoms. The summed E-state index contributed by atoms with van der Waals surface area (Å²) in [5, 5.41) is 10.3. The van der Waals surface area contributed by atoms with Crippen LogP contribution >= 0.6 is 0 Å². The van der Waals surface area contributed by atoms with Crippen LogP contribution in [0.3, 0.4) is 0 Å². The van der Waals surface area contributed by atoms with E-state index in [1.54, 1.807) is 0 Å². The number of piperidine rings is 1. The Bertz CT molecular complexity index is 672. The Morgan fingerprint density at radius 1 is 1.12 bits per heavy atom. The van der Waals surface area contributed by atoms with Gasteiger partial charge < -0.3 is 10.0 Å². The number of unbranched alkanes of at least 4 members (excludes halogenated alkanes) is 3. The van der Waals surface area contributed by atoms with E-state index in [4.69, 9.17) is 0 Å². The average molecular weight is 350 g/mol. The molecule has 1 aromatic rings. The molecule has 1 fully saturated rings. The van der Waals surface area contributed by atoms with Crippen LogP contribution in [0.15, 0.2) is 14.6 Å². The van der Waals surface area contributed by atoms with Gasteiger partial charge in [-0.05, 0) is 32.4 Å². The molecular formula is C18H30N4O3. The van der Waals surface area contributed by atoms with E-state index in [1.165, 1.54) is 30.0 Å². The number of aromatic nitrogens is 2. The van der Waals surface area contributed by atoms with Gasteiger partial charge in [-0.25, -0.2) is 4.79 Å². The highest BCUT2D eigenvalue weighted by Gasteiger charge is 2.12. The second-order valence-electron chi connectivity index (χ2n) is 6.65. The number of rotatable bonds is 9. The molecule has 0 aliphatic carbocycles. The molecule has 1 aliphatic rings. The summed E-state index contributed by atoms with van der Waals surface area (Å²) in [6.45, 7) is 6.15. The maximum Gasteiger partial charge on any atom is 0.331 e. The van der Waals surface area contributed by atoms with Crippen molar-refractivity contribution in [2.75, 3.05) is 26.2 Å². The summed E-state index contributed by atoms with van der Waals surface area (Å²) in [7, 11) is 0. The fraction of sp³-hybridized carbons (Fsp3) is 0.722. The standard InChI is InChI=1S/C18H30N4O3/c1-2-3-4-8-12-22-17(24)15(16(23)20-18(22)25)14-19-9-13-21-10-6-5-7-11-21/h14,24H,2-13H2,1H3,(H,20,23,25). The lowest BCUT2D eigenvalue weighted by Crippen LogP contribution is -2.33. The van der Waals surface area contributed by atoms with E-state index in [9.17, 15) is 14.7 Å². The van der Waals surface area contributed by atoms with Gasteiger partial charge >= 0.3 is 5.69 Å². The Morgan fingerprint density at radius 3 is 2.60 bits per heavy atom. The fourth-order valence-corrected chi connectivity index (χ4v) is 3.13. The predicted octanol–water partition coefficient (Wildman–Crippen LogP) is 1.73. The second kappa shape index (κ2) is 10.2. The Morgan fingerprint density at radius 2 is 1.88 bits per heavy atom. The lowest BCUT2D eigenvalue weighted by atomic mass is 10.1. The number of likely N-dealkylation sites (tertiary alicyclic amines) is 1. The third kappa shape index (κ3) is 5.85. The van der Waals surface area contributed by atoms with E-state index in [0.717, 1.165) is 45.3 Å². The third-order valence-corrected chi connectivity index (χ3v) is 4.66. The zero-order valence-electron chi connectivity index (χ0n) is 15.2. The fourth-order valence-electron chi connectivity index (χ4n) is 3.13. The Hall–Kier alpha value is -1.89. The first kappa shape index (κ1) is 19.4. The first-order chi connectivity index (χ1) is 12.1. The van der Waals surface area contributed by atoms with Gasteiger partial charge in [0.15, 0.2) is 0 Å². The lowest BCUT2D eigenvalue weighted by Gasteiger charge is -2.25. The van der Waals surface area contributed by atoms with E-state index in [-0.39, 0.29) is 11.4 Å². The van der Waals surface area contributed by atoms with Crippen LogP contribution in [0.1, 0.15) is 57.4 Å². The van der Waals surface area contributed by atoms with Crippen molar-refractivity contribution in [1.29, 1.82) is 0 Å². The number of aromatic hydroxyl groups is 1. The van der Waals surface area contributed by atoms with Gasteiger partial charge in [-0.1, -0.05) is 32.6 Å². The highest BCUT2D eigenvalue weighted by atomic mass is 16.3. The highest BCUT2D eigenvalue weighted by molar-refractivity contribution is 5.81. The number of aliphatic imine (C=N–C) groups is 1. The molecule has 140 valence electrons. The molecule has 0 bridgehead atoms. The summed E-state index contributed by atoms with van der Waals surface area (Å²) in [6, 6.07) is 0. The van der Waals surface area contributed by atoms with Crippen molar-refractivity contribution in [2.24, 2.45) is 4.99 Å². The van der Waals surface area contributed by atoms with Gasteiger partial charge in [-0.3, -0.25) is 19.3 Å². The normalized spacial score (nSPS) is 15.9. The van der Waals surface area contributed by atoms with Crippen LogP contribution in [0, 0.1) is 0 Å². The van der Waals surface area contributed by atoms with Crippen molar-refractivity contribution in [2.45, 2.75) is 58.4 Å². The summed E-state index contributed by atoms with van der Waals surface area (Å²) in [5.74, 6) is -0.285. The Labute approximate surface area is 148 Å². The van der Waals surface area contributed by atoms with Gasteiger partial charge in [0.25, 0.3) is 5.56 Å². The topological polar surface area (TPSA) is 90.7 Å².